The van der Waals surface area contributed by atoms with Gasteiger partial charge in [-0.05, 0) is 56.7 Å². The summed E-state index contributed by atoms with van der Waals surface area (Å²) in [5.41, 5.74) is 2.09. The van der Waals surface area contributed by atoms with Crippen molar-refractivity contribution in [3.8, 4) is 5.75 Å². The first-order valence-corrected chi connectivity index (χ1v) is 14.0. The maximum Gasteiger partial charge on any atom is 0.573 e. The van der Waals surface area contributed by atoms with Crippen molar-refractivity contribution in [3.63, 3.8) is 0 Å². The lowest BCUT2D eigenvalue weighted by Crippen LogP contribution is -2.58. The van der Waals surface area contributed by atoms with E-state index in [0.29, 0.717) is 17.6 Å². The van der Waals surface area contributed by atoms with Crippen LogP contribution in [0.2, 0.25) is 0 Å². The van der Waals surface area contributed by atoms with Crippen molar-refractivity contribution in [1.29, 1.82) is 0 Å². The number of hydrogen-bond donors (Lipinski definition) is 3. The molecule has 19 heteroatoms. The summed E-state index contributed by atoms with van der Waals surface area (Å²) in [6.45, 7) is 4.51. The Labute approximate surface area is 261 Å². The number of anilines is 1. The molecule has 3 rings (SSSR count). The number of carbonyl (C=O) groups excluding carboxylic acids is 4. The van der Waals surface area contributed by atoms with E-state index in [1.165, 1.54) is 29.7 Å². The van der Waals surface area contributed by atoms with Gasteiger partial charge in [-0.1, -0.05) is 12.1 Å². The SMILES string of the molecule is COC(F)(C(=O)NNC(=O)c1ccc2c(c1)N(Cc1ccc(OC(F)(F)F)cc1)C(=O)[C@@H](NC(=O)OC(C)(C)C)CS2)C(F)(F)F. The van der Waals surface area contributed by atoms with E-state index in [-0.39, 0.29) is 23.5 Å². The van der Waals surface area contributed by atoms with Crippen molar-refractivity contribution in [2.24, 2.45) is 0 Å². The predicted octanol–water partition coefficient (Wildman–Crippen LogP) is 4.75. The number of carbonyl (C=O) groups is 4. The molecule has 0 saturated carbocycles. The summed E-state index contributed by atoms with van der Waals surface area (Å²) in [6, 6.07) is 7.03. The van der Waals surface area contributed by atoms with Crippen molar-refractivity contribution in [3.05, 3.63) is 53.6 Å². The molecule has 2 aromatic rings. The van der Waals surface area contributed by atoms with Crippen LogP contribution in [0, 0.1) is 0 Å². The Kier molecular flexibility index (Phi) is 10.7. The summed E-state index contributed by atoms with van der Waals surface area (Å²) in [5.74, 6) is -9.62. The number of amides is 4. The van der Waals surface area contributed by atoms with Crippen molar-refractivity contribution in [1.82, 2.24) is 16.2 Å². The summed E-state index contributed by atoms with van der Waals surface area (Å²) in [4.78, 5) is 52.4. The van der Waals surface area contributed by atoms with E-state index >= 15 is 0 Å². The number of benzene rings is 2. The van der Waals surface area contributed by atoms with E-state index in [2.05, 4.69) is 14.8 Å². The lowest BCUT2D eigenvalue weighted by molar-refractivity contribution is -0.307. The fourth-order valence-electron chi connectivity index (χ4n) is 3.84. The highest BCUT2D eigenvalue weighted by Crippen LogP contribution is 2.37. The van der Waals surface area contributed by atoms with Gasteiger partial charge >= 0.3 is 30.4 Å². The molecule has 0 bridgehead atoms. The summed E-state index contributed by atoms with van der Waals surface area (Å²) in [6.07, 6.45) is -11.6. The number of alkyl halides is 7. The van der Waals surface area contributed by atoms with E-state index in [4.69, 9.17) is 4.74 Å². The number of methoxy groups -OCH3 is 1. The number of rotatable bonds is 7. The van der Waals surface area contributed by atoms with Gasteiger partial charge in [0.05, 0.1) is 12.2 Å². The van der Waals surface area contributed by atoms with Gasteiger partial charge in [0, 0.05) is 23.3 Å². The summed E-state index contributed by atoms with van der Waals surface area (Å²) in [7, 11) is 0.298. The molecule has 2 atom stereocenters. The van der Waals surface area contributed by atoms with Gasteiger partial charge in [0.25, 0.3) is 11.8 Å². The van der Waals surface area contributed by atoms with Crippen molar-refractivity contribution >= 4 is 41.3 Å². The second-order valence-corrected chi connectivity index (χ2v) is 11.6. The molecule has 0 aromatic heterocycles. The molecule has 0 radical (unpaired) electrons. The number of fused-ring (bicyclic) bond motifs is 1. The molecule has 0 saturated heterocycles. The molecule has 0 spiro atoms. The minimum absolute atomic E-state index is 0.0193. The Bertz CT molecular complexity index is 1470. The van der Waals surface area contributed by atoms with Crippen LogP contribution in [0.1, 0.15) is 36.7 Å². The van der Waals surface area contributed by atoms with Crippen LogP contribution < -0.4 is 25.8 Å². The average molecular weight is 685 g/mol. The number of hydrogen-bond acceptors (Lipinski definition) is 8. The summed E-state index contributed by atoms with van der Waals surface area (Å²) >= 11 is 1.08. The maximum absolute atomic E-state index is 14.1. The standard InChI is InChI=1S/C27H27F7N4O7S/c1-24(2,3)45-23(42)35-17-13-46-19-10-7-15(20(39)36-37-22(41)25(28,43-4)26(29,30)31)11-18(19)38(21(17)40)12-14-5-8-16(9-6-14)44-27(32,33)34/h5-11,17H,12-13H2,1-4H3,(H,35,42)(H,36,39)(H,37,41)/t17-,25?/m0/s1. The molecule has 2 aromatic carbocycles. The van der Waals surface area contributed by atoms with Crippen LogP contribution in [0.5, 0.6) is 5.75 Å². The number of ether oxygens (including phenoxy) is 3. The van der Waals surface area contributed by atoms with Crippen molar-refractivity contribution < 1.29 is 64.1 Å². The third-order valence-corrected chi connectivity index (χ3v) is 7.05. The Balaban J connectivity index is 1.93. The lowest BCUT2D eigenvalue weighted by atomic mass is 10.1. The Morgan fingerprint density at radius 2 is 1.59 bits per heavy atom. The number of alkyl carbamates (subject to hydrolysis) is 1. The van der Waals surface area contributed by atoms with E-state index in [1.54, 1.807) is 26.2 Å². The van der Waals surface area contributed by atoms with Crippen LogP contribution in [0.15, 0.2) is 47.4 Å². The molecule has 0 fully saturated rings. The van der Waals surface area contributed by atoms with Crippen LogP contribution in [0.3, 0.4) is 0 Å². The topological polar surface area (TPSA) is 135 Å². The van der Waals surface area contributed by atoms with Crippen molar-refractivity contribution in [2.45, 2.75) is 62.2 Å². The first kappa shape index (κ1) is 36.2. The number of halogens is 7. The van der Waals surface area contributed by atoms with E-state index in [0.717, 1.165) is 34.9 Å². The van der Waals surface area contributed by atoms with Gasteiger partial charge in [0.2, 0.25) is 0 Å². The molecule has 1 aliphatic rings. The highest BCUT2D eigenvalue weighted by Gasteiger charge is 2.63. The molecule has 3 N–H and O–H groups in total. The molecule has 1 aliphatic heterocycles. The predicted molar refractivity (Wildman–Crippen MR) is 147 cm³/mol. The van der Waals surface area contributed by atoms with Gasteiger partial charge in [-0.3, -0.25) is 25.2 Å². The van der Waals surface area contributed by atoms with Crippen LogP contribution in [-0.4, -0.2) is 66.7 Å². The average Bonchev–Trinajstić information content (AvgIpc) is 3.05. The largest absolute Gasteiger partial charge is 0.573 e. The van der Waals surface area contributed by atoms with E-state index in [1.807, 2.05) is 0 Å². The highest BCUT2D eigenvalue weighted by molar-refractivity contribution is 7.99. The fraction of sp³-hybridized carbons (Fsp3) is 0.407. The van der Waals surface area contributed by atoms with Gasteiger partial charge < -0.3 is 24.4 Å². The van der Waals surface area contributed by atoms with Crippen LogP contribution in [-0.2, 0) is 25.6 Å². The highest BCUT2D eigenvalue weighted by atomic mass is 32.2. The monoisotopic (exact) mass is 684 g/mol. The number of nitrogens with zero attached hydrogens (tertiary/aromatic N) is 1. The van der Waals surface area contributed by atoms with E-state index < -0.39 is 59.6 Å². The van der Waals surface area contributed by atoms with Gasteiger partial charge in [0.15, 0.2) is 0 Å². The Hall–Kier alpha value is -4.26. The van der Waals surface area contributed by atoms with Gasteiger partial charge in [-0.25, -0.2) is 4.79 Å². The van der Waals surface area contributed by atoms with Crippen LogP contribution in [0.25, 0.3) is 0 Å². The zero-order valence-electron chi connectivity index (χ0n) is 24.4. The zero-order chi connectivity index (χ0) is 34.7. The van der Waals surface area contributed by atoms with Crippen LogP contribution in [0.4, 0.5) is 41.2 Å². The lowest BCUT2D eigenvalue weighted by Gasteiger charge is -2.27. The van der Waals surface area contributed by atoms with Gasteiger partial charge in [0.1, 0.15) is 17.4 Å². The Morgan fingerprint density at radius 3 is 2.13 bits per heavy atom. The molecular weight excluding hydrogens is 657 g/mol. The Morgan fingerprint density at radius 1 is 0.957 bits per heavy atom. The van der Waals surface area contributed by atoms with Gasteiger partial charge in [-0.15, -0.1) is 24.9 Å². The number of thioether (sulfide) groups is 1. The minimum Gasteiger partial charge on any atom is -0.444 e. The maximum atomic E-state index is 14.1. The molecule has 1 heterocycles. The van der Waals surface area contributed by atoms with Gasteiger partial charge in [-0.2, -0.15) is 17.6 Å². The third-order valence-electron chi connectivity index (χ3n) is 5.90. The normalized spacial score (nSPS) is 16.8. The second kappa shape index (κ2) is 13.6. The molecule has 252 valence electrons. The molecule has 11 nitrogen and oxygen atoms in total. The quantitative estimate of drug-likeness (QED) is 0.281. The van der Waals surface area contributed by atoms with Crippen LogP contribution >= 0.6 is 11.8 Å². The summed E-state index contributed by atoms with van der Waals surface area (Å²) in [5, 5.41) is 2.47. The minimum atomic E-state index is -5.78. The molecular formula is C27H27F7N4O7S. The first-order valence-electron chi connectivity index (χ1n) is 13.0. The first-order chi connectivity index (χ1) is 21.1. The molecule has 0 aliphatic carbocycles. The smallest absolute Gasteiger partial charge is 0.444 e. The fourth-order valence-corrected chi connectivity index (χ4v) is 4.89. The summed E-state index contributed by atoms with van der Waals surface area (Å²) < 4.78 is 104. The molecule has 46 heavy (non-hydrogen) atoms. The second-order valence-electron chi connectivity index (χ2n) is 10.5. The molecule has 1 unspecified atom stereocenters. The van der Waals surface area contributed by atoms with Crippen molar-refractivity contribution in [2.75, 3.05) is 17.8 Å². The molecule has 4 amide bonds. The number of nitrogens with one attached hydrogen (secondary N) is 3. The third kappa shape index (κ3) is 9.15. The number of hydrazine groups is 1. The zero-order valence-corrected chi connectivity index (χ0v) is 25.2. The van der Waals surface area contributed by atoms with E-state index in [9.17, 15) is 49.9 Å².